The molecule has 2 atom stereocenters. The van der Waals surface area contributed by atoms with Crippen molar-refractivity contribution in [1.82, 2.24) is 20.2 Å². The van der Waals surface area contributed by atoms with Crippen LogP contribution in [0.25, 0.3) is 11.1 Å². The van der Waals surface area contributed by atoms with Crippen molar-refractivity contribution in [1.29, 1.82) is 0 Å². The van der Waals surface area contributed by atoms with Gasteiger partial charge in [0.15, 0.2) is 0 Å². The first kappa shape index (κ1) is 19.6. The third-order valence-corrected chi connectivity index (χ3v) is 5.89. The summed E-state index contributed by atoms with van der Waals surface area (Å²) in [5, 5.41) is 15.2. The summed E-state index contributed by atoms with van der Waals surface area (Å²) in [7, 11) is 0. The average Bonchev–Trinajstić information content (AvgIpc) is 3.42. The molecule has 0 radical (unpaired) electrons. The van der Waals surface area contributed by atoms with Gasteiger partial charge in [-0.1, -0.05) is 60.3 Å². The quantitative estimate of drug-likeness (QED) is 0.600. The molecule has 7 nitrogen and oxygen atoms in total. The lowest BCUT2D eigenvalue weighted by atomic mass is 10.0. The first-order valence-electron chi connectivity index (χ1n) is 9.70. The molecule has 3 aromatic rings. The largest absolute Gasteiger partial charge is 0.376 e. The number of carbonyl (C=O) groups is 1. The zero-order valence-corrected chi connectivity index (χ0v) is 17.0. The number of carbonyl (C=O) groups excluding carboxylic acids is 1. The maximum Gasteiger partial charge on any atom is 0.237 e. The Kier molecular flexibility index (Phi) is 6.21. The Balaban J connectivity index is 1.43. The molecule has 29 heavy (non-hydrogen) atoms. The van der Waals surface area contributed by atoms with Gasteiger partial charge in [-0.3, -0.25) is 4.79 Å². The molecule has 1 amide bonds. The second-order valence-corrected chi connectivity index (χ2v) is 8.25. The molecule has 0 aliphatic carbocycles. The molecule has 0 bridgehead atoms. The summed E-state index contributed by atoms with van der Waals surface area (Å²) in [6.07, 6.45) is 2.21. The maximum atomic E-state index is 12.8. The standard InChI is InChI=1S/C21H23N5O2S/c1-15(29-21-23-24-25-26(21)14-17-10-7-13-28-17)20(27)22-19-12-6-5-11-18(19)16-8-3-2-4-9-16/h2-6,8-9,11-12,15,17H,7,10,13-14H2,1H3,(H,22,27). The fourth-order valence-corrected chi connectivity index (χ4v) is 4.08. The molecule has 1 aliphatic heterocycles. The van der Waals surface area contributed by atoms with Gasteiger partial charge in [0.1, 0.15) is 0 Å². The number of hydrogen-bond donors (Lipinski definition) is 1. The highest BCUT2D eigenvalue weighted by molar-refractivity contribution is 8.00. The molecule has 1 aromatic heterocycles. The van der Waals surface area contributed by atoms with E-state index < -0.39 is 0 Å². The highest BCUT2D eigenvalue weighted by atomic mass is 32.2. The summed E-state index contributed by atoms with van der Waals surface area (Å²) < 4.78 is 7.39. The van der Waals surface area contributed by atoms with Gasteiger partial charge in [0.05, 0.1) is 17.9 Å². The molecule has 2 aromatic carbocycles. The van der Waals surface area contributed by atoms with Gasteiger partial charge < -0.3 is 10.1 Å². The molecule has 8 heteroatoms. The summed E-state index contributed by atoms with van der Waals surface area (Å²) in [6.45, 7) is 3.26. The molecule has 2 unspecified atom stereocenters. The predicted molar refractivity (Wildman–Crippen MR) is 113 cm³/mol. The highest BCUT2D eigenvalue weighted by Crippen LogP contribution is 2.29. The number of aromatic nitrogens is 4. The summed E-state index contributed by atoms with van der Waals surface area (Å²) in [5.74, 6) is -0.0925. The average molecular weight is 410 g/mol. The lowest BCUT2D eigenvalue weighted by Crippen LogP contribution is -2.24. The van der Waals surface area contributed by atoms with Crippen molar-refractivity contribution in [2.45, 2.75) is 42.8 Å². The monoisotopic (exact) mass is 409 g/mol. The van der Waals surface area contributed by atoms with Crippen LogP contribution in [0.15, 0.2) is 59.8 Å². The van der Waals surface area contributed by atoms with Gasteiger partial charge in [-0.15, -0.1) is 5.10 Å². The zero-order valence-electron chi connectivity index (χ0n) is 16.2. The number of hydrogen-bond acceptors (Lipinski definition) is 6. The maximum absolute atomic E-state index is 12.8. The van der Waals surface area contributed by atoms with Crippen molar-refractivity contribution in [3.63, 3.8) is 0 Å². The van der Waals surface area contributed by atoms with Crippen molar-refractivity contribution in [3.05, 3.63) is 54.6 Å². The van der Waals surface area contributed by atoms with Crippen LogP contribution in [0, 0.1) is 0 Å². The number of anilines is 1. The van der Waals surface area contributed by atoms with E-state index in [1.807, 2.05) is 61.5 Å². The lowest BCUT2D eigenvalue weighted by Gasteiger charge is -2.15. The fourth-order valence-electron chi connectivity index (χ4n) is 3.28. The summed E-state index contributed by atoms with van der Waals surface area (Å²) in [6, 6.07) is 17.8. The topological polar surface area (TPSA) is 81.9 Å². The number of amides is 1. The van der Waals surface area contributed by atoms with Crippen molar-refractivity contribution in [2.75, 3.05) is 11.9 Å². The Bertz CT molecular complexity index is 956. The van der Waals surface area contributed by atoms with Crippen LogP contribution in [-0.2, 0) is 16.1 Å². The molecular weight excluding hydrogens is 386 g/mol. The first-order valence-corrected chi connectivity index (χ1v) is 10.6. The van der Waals surface area contributed by atoms with Gasteiger partial charge in [0, 0.05) is 17.9 Å². The van der Waals surface area contributed by atoms with Crippen molar-refractivity contribution in [2.24, 2.45) is 0 Å². The van der Waals surface area contributed by atoms with Crippen LogP contribution in [0.5, 0.6) is 0 Å². The smallest absolute Gasteiger partial charge is 0.237 e. The van der Waals surface area contributed by atoms with Crippen LogP contribution in [0.1, 0.15) is 19.8 Å². The van der Waals surface area contributed by atoms with E-state index >= 15 is 0 Å². The number of benzene rings is 2. The summed E-state index contributed by atoms with van der Waals surface area (Å²) >= 11 is 1.35. The van der Waals surface area contributed by atoms with Crippen molar-refractivity contribution >= 4 is 23.4 Å². The van der Waals surface area contributed by atoms with E-state index in [0.29, 0.717) is 11.7 Å². The molecule has 1 N–H and O–H groups in total. The van der Waals surface area contributed by atoms with Crippen LogP contribution in [-0.4, -0.2) is 44.1 Å². The minimum absolute atomic E-state index is 0.0925. The Morgan fingerprint density at radius 1 is 1.24 bits per heavy atom. The molecular formula is C21H23N5O2S. The van der Waals surface area contributed by atoms with Crippen LogP contribution < -0.4 is 5.32 Å². The van der Waals surface area contributed by atoms with E-state index in [4.69, 9.17) is 4.74 Å². The molecule has 2 heterocycles. The SMILES string of the molecule is CC(Sc1nnnn1CC1CCCO1)C(=O)Nc1ccccc1-c1ccccc1. The number of nitrogens with zero attached hydrogens (tertiary/aromatic N) is 4. The molecule has 150 valence electrons. The minimum atomic E-state index is -0.354. The fraction of sp³-hybridized carbons (Fsp3) is 0.333. The summed E-state index contributed by atoms with van der Waals surface area (Å²) in [4.78, 5) is 12.8. The molecule has 0 spiro atoms. The van der Waals surface area contributed by atoms with Crippen LogP contribution >= 0.6 is 11.8 Å². The lowest BCUT2D eigenvalue weighted by molar-refractivity contribution is -0.115. The van der Waals surface area contributed by atoms with E-state index in [0.717, 1.165) is 36.3 Å². The van der Waals surface area contributed by atoms with Gasteiger partial charge in [-0.2, -0.15) is 0 Å². The molecule has 0 saturated carbocycles. The van der Waals surface area contributed by atoms with Gasteiger partial charge in [-0.05, 0) is 41.8 Å². The predicted octanol–water partition coefficient (Wildman–Crippen LogP) is 3.64. The van der Waals surface area contributed by atoms with Crippen molar-refractivity contribution < 1.29 is 9.53 Å². The Morgan fingerprint density at radius 2 is 2.03 bits per heavy atom. The number of thioether (sulfide) groups is 1. The van der Waals surface area contributed by atoms with E-state index in [-0.39, 0.29) is 17.3 Å². The van der Waals surface area contributed by atoms with Crippen LogP contribution in [0.3, 0.4) is 0 Å². The number of para-hydroxylation sites is 1. The number of rotatable bonds is 7. The van der Waals surface area contributed by atoms with E-state index in [1.165, 1.54) is 11.8 Å². The Hall–Kier alpha value is -2.71. The number of ether oxygens (including phenoxy) is 1. The Morgan fingerprint density at radius 3 is 2.83 bits per heavy atom. The van der Waals surface area contributed by atoms with Crippen molar-refractivity contribution in [3.8, 4) is 11.1 Å². The van der Waals surface area contributed by atoms with Gasteiger partial charge in [-0.25, -0.2) is 4.68 Å². The number of nitrogens with one attached hydrogen (secondary N) is 1. The van der Waals surface area contributed by atoms with Gasteiger partial charge >= 0.3 is 0 Å². The second kappa shape index (κ2) is 9.19. The van der Waals surface area contributed by atoms with E-state index in [1.54, 1.807) is 4.68 Å². The number of tetrazole rings is 1. The normalized spacial score (nSPS) is 17.2. The molecule has 1 saturated heterocycles. The second-order valence-electron chi connectivity index (χ2n) is 6.94. The zero-order chi connectivity index (χ0) is 20.1. The highest BCUT2D eigenvalue weighted by Gasteiger charge is 2.22. The van der Waals surface area contributed by atoms with Gasteiger partial charge in [0.25, 0.3) is 0 Å². The third-order valence-electron chi connectivity index (χ3n) is 4.82. The Labute approximate surface area is 173 Å². The van der Waals surface area contributed by atoms with Crippen LogP contribution in [0.4, 0.5) is 5.69 Å². The molecule has 1 aliphatic rings. The third kappa shape index (κ3) is 4.83. The summed E-state index contributed by atoms with van der Waals surface area (Å²) in [5.41, 5.74) is 2.83. The van der Waals surface area contributed by atoms with E-state index in [2.05, 4.69) is 20.8 Å². The molecule has 1 fully saturated rings. The van der Waals surface area contributed by atoms with E-state index in [9.17, 15) is 4.79 Å². The molecule has 4 rings (SSSR count). The minimum Gasteiger partial charge on any atom is -0.376 e. The van der Waals surface area contributed by atoms with Gasteiger partial charge in [0.2, 0.25) is 11.1 Å². The first-order chi connectivity index (χ1) is 14.2. The van der Waals surface area contributed by atoms with Crippen LogP contribution in [0.2, 0.25) is 0 Å².